The highest BCUT2D eigenvalue weighted by Crippen LogP contribution is 2.24. The Hall–Kier alpha value is -1.68. The van der Waals surface area contributed by atoms with Crippen molar-refractivity contribution >= 4 is 27.5 Å². The first-order chi connectivity index (χ1) is 9.61. The summed E-state index contributed by atoms with van der Waals surface area (Å²) in [6, 6.07) is 14.1. The van der Waals surface area contributed by atoms with E-state index >= 15 is 0 Å². The van der Waals surface area contributed by atoms with E-state index < -0.39 is 0 Å². The zero-order valence-corrected chi connectivity index (χ0v) is 12.7. The molecule has 2 aromatic rings. The molecule has 0 aliphatic carbocycles. The van der Waals surface area contributed by atoms with Crippen LogP contribution in [0.25, 0.3) is 0 Å². The summed E-state index contributed by atoms with van der Waals surface area (Å²) in [6.07, 6.45) is 0.707. The van der Waals surface area contributed by atoms with E-state index in [1.165, 1.54) is 6.07 Å². The highest BCUT2D eigenvalue weighted by molar-refractivity contribution is 9.10. The molecule has 0 fully saturated rings. The van der Waals surface area contributed by atoms with Gasteiger partial charge in [-0.3, -0.25) is 4.79 Å². The van der Waals surface area contributed by atoms with E-state index in [0.717, 1.165) is 5.56 Å². The van der Waals surface area contributed by atoms with Gasteiger partial charge in [0, 0.05) is 5.69 Å². The molecule has 0 radical (unpaired) electrons. The lowest BCUT2D eigenvalue weighted by Gasteiger charge is -2.15. The van der Waals surface area contributed by atoms with Crippen LogP contribution in [0.1, 0.15) is 24.8 Å². The topological polar surface area (TPSA) is 29.1 Å². The lowest BCUT2D eigenvalue weighted by molar-refractivity contribution is -0.117. The SMILES string of the molecule is CCC(C(=O)Nc1ccc(F)c(Br)c1)c1ccccc1. The quantitative estimate of drug-likeness (QED) is 0.860. The third-order valence-electron chi connectivity index (χ3n) is 3.11. The van der Waals surface area contributed by atoms with Crippen molar-refractivity contribution < 1.29 is 9.18 Å². The number of carbonyl (C=O) groups excluding carboxylic acids is 1. The number of nitrogens with one attached hydrogen (secondary N) is 1. The fraction of sp³-hybridized carbons (Fsp3) is 0.188. The molecule has 0 bridgehead atoms. The van der Waals surface area contributed by atoms with Crippen LogP contribution in [0.4, 0.5) is 10.1 Å². The summed E-state index contributed by atoms with van der Waals surface area (Å²) in [5.41, 5.74) is 1.56. The molecule has 1 unspecified atom stereocenters. The van der Waals surface area contributed by atoms with E-state index in [1.807, 2.05) is 37.3 Å². The van der Waals surface area contributed by atoms with Crippen LogP contribution in [0, 0.1) is 5.82 Å². The molecule has 104 valence electrons. The van der Waals surface area contributed by atoms with E-state index in [9.17, 15) is 9.18 Å². The van der Waals surface area contributed by atoms with Gasteiger partial charge in [-0.2, -0.15) is 0 Å². The Morgan fingerprint density at radius 3 is 2.55 bits per heavy atom. The van der Waals surface area contributed by atoms with Crippen LogP contribution in [0.5, 0.6) is 0 Å². The normalized spacial score (nSPS) is 11.9. The van der Waals surface area contributed by atoms with Gasteiger partial charge in [-0.05, 0) is 46.1 Å². The van der Waals surface area contributed by atoms with Crippen molar-refractivity contribution in [2.24, 2.45) is 0 Å². The van der Waals surface area contributed by atoms with Crippen molar-refractivity contribution in [3.63, 3.8) is 0 Å². The number of rotatable bonds is 4. The molecule has 1 amide bonds. The molecule has 0 heterocycles. The van der Waals surface area contributed by atoms with Crippen molar-refractivity contribution in [2.75, 3.05) is 5.32 Å². The lowest BCUT2D eigenvalue weighted by Crippen LogP contribution is -2.20. The van der Waals surface area contributed by atoms with Gasteiger partial charge in [-0.15, -0.1) is 0 Å². The lowest BCUT2D eigenvalue weighted by atomic mass is 9.95. The van der Waals surface area contributed by atoms with Gasteiger partial charge in [0.25, 0.3) is 0 Å². The number of anilines is 1. The Morgan fingerprint density at radius 1 is 1.25 bits per heavy atom. The first kappa shape index (κ1) is 14.7. The Kier molecular flexibility index (Phi) is 4.90. The second-order valence-corrected chi connectivity index (χ2v) is 5.34. The van der Waals surface area contributed by atoms with Crippen molar-refractivity contribution in [1.82, 2.24) is 0 Å². The van der Waals surface area contributed by atoms with Gasteiger partial charge >= 0.3 is 0 Å². The minimum Gasteiger partial charge on any atom is -0.326 e. The molecule has 0 spiro atoms. The molecule has 0 saturated heterocycles. The predicted molar refractivity (Wildman–Crippen MR) is 82.2 cm³/mol. The second-order valence-electron chi connectivity index (χ2n) is 4.49. The number of hydrogen-bond donors (Lipinski definition) is 1. The maximum Gasteiger partial charge on any atom is 0.231 e. The summed E-state index contributed by atoms with van der Waals surface area (Å²) in [7, 11) is 0. The maximum atomic E-state index is 13.2. The largest absolute Gasteiger partial charge is 0.326 e. The van der Waals surface area contributed by atoms with Crippen LogP contribution < -0.4 is 5.32 Å². The van der Waals surface area contributed by atoms with E-state index in [1.54, 1.807) is 12.1 Å². The zero-order valence-electron chi connectivity index (χ0n) is 11.1. The minimum atomic E-state index is -0.349. The molecule has 0 saturated carbocycles. The van der Waals surface area contributed by atoms with Gasteiger partial charge in [0.2, 0.25) is 5.91 Å². The standard InChI is InChI=1S/C16H15BrFNO/c1-2-13(11-6-4-3-5-7-11)16(20)19-12-8-9-15(18)14(17)10-12/h3-10,13H,2H2,1H3,(H,19,20). The Bertz CT molecular complexity index is 601. The number of hydrogen-bond acceptors (Lipinski definition) is 1. The number of amides is 1. The van der Waals surface area contributed by atoms with E-state index in [2.05, 4.69) is 21.2 Å². The highest BCUT2D eigenvalue weighted by atomic mass is 79.9. The minimum absolute atomic E-state index is 0.0859. The number of benzene rings is 2. The summed E-state index contributed by atoms with van der Waals surface area (Å²) < 4.78 is 13.5. The summed E-state index contributed by atoms with van der Waals surface area (Å²) in [5, 5.41) is 2.82. The van der Waals surface area contributed by atoms with Gasteiger partial charge in [0.1, 0.15) is 5.82 Å². The predicted octanol–water partition coefficient (Wildman–Crippen LogP) is 4.72. The third kappa shape index (κ3) is 3.45. The molecule has 20 heavy (non-hydrogen) atoms. The highest BCUT2D eigenvalue weighted by Gasteiger charge is 2.18. The van der Waals surface area contributed by atoms with Gasteiger partial charge < -0.3 is 5.32 Å². The summed E-state index contributed by atoms with van der Waals surface area (Å²) in [6.45, 7) is 1.97. The maximum absolute atomic E-state index is 13.2. The summed E-state index contributed by atoms with van der Waals surface area (Å²) in [5.74, 6) is -0.643. The van der Waals surface area contributed by atoms with Crippen LogP contribution in [0.3, 0.4) is 0 Å². The fourth-order valence-electron chi connectivity index (χ4n) is 2.06. The number of carbonyl (C=O) groups is 1. The van der Waals surface area contributed by atoms with E-state index in [-0.39, 0.29) is 17.6 Å². The molecule has 1 atom stereocenters. The van der Waals surface area contributed by atoms with Crippen LogP contribution >= 0.6 is 15.9 Å². The molecule has 1 N–H and O–H groups in total. The summed E-state index contributed by atoms with van der Waals surface area (Å²) >= 11 is 3.11. The smallest absolute Gasteiger partial charge is 0.231 e. The molecule has 0 aliphatic rings. The molecule has 0 aliphatic heterocycles. The van der Waals surface area contributed by atoms with E-state index in [0.29, 0.717) is 16.6 Å². The Morgan fingerprint density at radius 2 is 1.95 bits per heavy atom. The molecule has 2 aromatic carbocycles. The van der Waals surface area contributed by atoms with Gasteiger partial charge in [-0.1, -0.05) is 37.3 Å². The summed E-state index contributed by atoms with van der Waals surface area (Å²) in [4.78, 5) is 12.3. The zero-order chi connectivity index (χ0) is 14.5. The van der Waals surface area contributed by atoms with Crippen molar-refractivity contribution in [1.29, 1.82) is 0 Å². The average Bonchev–Trinajstić information content (AvgIpc) is 2.45. The van der Waals surface area contributed by atoms with Crippen molar-refractivity contribution in [2.45, 2.75) is 19.3 Å². The second kappa shape index (κ2) is 6.66. The van der Waals surface area contributed by atoms with Gasteiger partial charge in [0.05, 0.1) is 10.4 Å². The average molecular weight is 336 g/mol. The van der Waals surface area contributed by atoms with Crippen LogP contribution in [0.15, 0.2) is 53.0 Å². The third-order valence-corrected chi connectivity index (χ3v) is 3.72. The molecule has 4 heteroatoms. The first-order valence-corrected chi connectivity index (χ1v) is 7.22. The van der Waals surface area contributed by atoms with E-state index in [4.69, 9.17) is 0 Å². The number of halogens is 2. The molecule has 2 rings (SSSR count). The molecular formula is C16H15BrFNO. The Balaban J connectivity index is 2.15. The molecule has 2 nitrogen and oxygen atoms in total. The van der Waals surface area contributed by atoms with Gasteiger partial charge in [0.15, 0.2) is 0 Å². The van der Waals surface area contributed by atoms with Crippen LogP contribution in [-0.4, -0.2) is 5.91 Å². The Labute approximate surface area is 126 Å². The van der Waals surface area contributed by atoms with Crippen LogP contribution in [-0.2, 0) is 4.79 Å². The fourth-order valence-corrected chi connectivity index (χ4v) is 2.44. The first-order valence-electron chi connectivity index (χ1n) is 6.42. The molecule has 0 aromatic heterocycles. The molecular weight excluding hydrogens is 321 g/mol. The monoisotopic (exact) mass is 335 g/mol. The van der Waals surface area contributed by atoms with Gasteiger partial charge in [-0.25, -0.2) is 4.39 Å². The van der Waals surface area contributed by atoms with Crippen LogP contribution in [0.2, 0.25) is 0 Å². The van der Waals surface area contributed by atoms with Crippen molar-refractivity contribution in [3.05, 3.63) is 64.4 Å². The van der Waals surface area contributed by atoms with Crippen molar-refractivity contribution in [3.8, 4) is 0 Å².